The molecule has 20 heavy (non-hydrogen) atoms. The fourth-order valence-electron chi connectivity index (χ4n) is 1.78. The Morgan fingerprint density at radius 1 is 1.45 bits per heavy atom. The van der Waals surface area contributed by atoms with Crippen LogP contribution < -0.4 is 5.32 Å². The van der Waals surface area contributed by atoms with Gasteiger partial charge in [-0.2, -0.15) is 5.26 Å². The van der Waals surface area contributed by atoms with Gasteiger partial charge in [-0.25, -0.2) is 4.98 Å². The van der Waals surface area contributed by atoms with E-state index in [0.29, 0.717) is 11.1 Å². The van der Waals surface area contributed by atoms with Crippen molar-refractivity contribution in [3.63, 3.8) is 0 Å². The summed E-state index contributed by atoms with van der Waals surface area (Å²) in [6, 6.07) is 8.68. The van der Waals surface area contributed by atoms with E-state index in [1.807, 2.05) is 26.8 Å². The molecule has 0 bridgehead atoms. The molecule has 0 spiro atoms. The normalized spacial score (nSPS) is 10.9. The van der Waals surface area contributed by atoms with E-state index in [1.165, 1.54) is 0 Å². The van der Waals surface area contributed by atoms with E-state index in [4.69, 9.17) is 5.26 Å². The van der Waals surface area contributed by atoms with Crippen LogP contribution in [0.2, 0.25) is 0 Å². The number of aryl methyl sites for hydroxylation is 1. The smallest absolute Gasteiger partial charge is 0.252 e. The van der Waals surface area contributed by atoms with Crippen molar-refractivity contribution in [3.05, 3.63) is 51.5 Å². The number of nitriles is 1. The molecule has 1 heterocycles. The molecule has 0 aliphatic carbocycles. The van der Waals surface area contributed by atoms with Gasteiger partial charge < -0.3 is 5.32 Å². The van der Waals surface area contributed by atoms with Gasteiger partial charge in [0, 0.05) is 16.6 Å². The Morgan fingerprint density at radius 3 is 2.80 bits per heavy atom. The van der Waals surface area contributed by atoms with Gasteiger partial charge in [0.25, 0.3) is 5.91 Å². The molecule has 5 heteroatoms. The van der Waals surface area contributed by atoms with Gasteiger partial charge in [0.15, 0.2) is 0 Å². The maximum Gasteiger partial charge on any atom is 0.252 e. The van der Waals surface area contributed by atoms with Crippen molar-refractivity contribution >= 4 is 17.2 Å². The number of benzene rings is 1. The van der Waals surface area contributed by atoms with Crippen LogP contribution in [-0.4, -0.2) is 10.9 Å². The van der Waals surface area contributed by atoms with Gasteiger partial charge in [-0.1, -0.05) is 6.07 Å². The van der Waals surface area contributed by atoms with E-state index in [1.54, 1.807) is 41.8 Å². The predicted octanol–water partition coefficient (Wildman–Crippen LogP) is 2.99. The predicted molar refractivity (Wildman–Crippen MR) is 78.5 cm³/mol. The molecule has 0 aliphatic heterocycles. The Hall–Kier alpha value is -2.19. The van der Waals surface area contributed by atoms with Crippen molar-refractivity contribution in [2.75, 3.05) is 0 Å². The quantitative estimate of drug-likeness (QED) is 0.942. The van der Waals surface area contributed by atoms with Crippen molar-refractivity contribution in [2.24, 2.45) is 0 Å². The summed E-state index contributed by atoms with van der Waals surface area (Å²) in [6.45, 7) is 5.81. The molecule has 1 aromatic carbocycles. The summed E-state index contributed by atoms with van der Waals surface area (Å²) in [6.07, 6.45) is 1.80. The molecule has 0 unspecified atom stereocenters. The molecule has 1 aromatic heterocycles. The summed E-state index contributed by atoms with van der Waals surface area (Å²) in [5.74, 6) is -0.208. The highest BCUT2D eigenvalue weighted by molar-refractivity contribution is 7.11. The summed E-state index contributed by atoms with van der Waals surface area (Å²) >= 11 is 1.56. The standard InChI is InChI=1S/C15H15N3OS/c1-10-9-17-14(20-10)15(2,3)18-13(19)12-6-4-5-11(7-12)8-16/h4-7,9H,1-3H3,(H,18,19). The lowest BCUT2D eigenvalue weighted by Crippen LogP contribution is -2.40. The van der Waals surface area contributed by atoms with Gasteiger partial charge in [0.2, 0.25) is 0 Å². The maximum atomic E-state index is 12.3. The second kappa shape index (κ2) is 5.43. The summed E-state index contributed by atoms with van der Waals surface area (Å²) in [4.78, 5) is 17.7. The molecule has 0 fully saturated rings. The maximum absolute atomic E-state index is 12.3. The number of amides is 1. The molecule has 0 atom stereocenters. The van der Waals surface area contributed by atoms with Crippen LogP contribution in [0, 0.1) is 18.3 Å². The molecule has 2 rings (SSSR count). The van der Waals surface area contributed by atoms with Crippen LogP contribution >= 0.6 is 11.3 Å². The SMILES string of the molecule is Cc1cnc(C(C)(C)NC(=O)c2cccc(C#N)c2)s1. The Labute approximate surface area is 122 Å². The molecule has 0 aliphatic rings. The van der Waals surface area contributed by atoms with E-state index in [-0.39, 0.29) is 5.91 Å². The number of nitrogens with zero attached hydrogens (tertiary/aromatic N) is 2. The lowest BCUT2D eigenvalue weighted by atomic mass is 10.0. The van der Waals surface area contributed by atoms with Gasteiger partial charge in [-0.3, -0.25) is 4.79 Å². The second-order valence-electron chi connectivity index (χ2n) is 5.05. The van der Waals surface area contributed by atoms with E-state index < -0.39 is 5.54 Å². The summed E-state index contributed by atoms with van der Waals surface area (Å²) < 4.78 is 0. The third kappa shape index (κ3) is 3.03. The highest BCUT2D eigenvalue weighted by Gasteiger charge is 2.26. The molecule has 0 saturated carbocycles. The first-order valence-corrected chi connectivity index (χ1v) is 6.99. The summed E-state index contributed by atoms with van der Waals surface area (Å²) in [5.41, 5.74) is 0.407. The van der Waals surface area contributed by atoms with Crippen LogP contribution in [0.4, 0.5) is 0 Å². The third-order valence-electron chi connectivity index (χ3n) is 2.84. The fourth-order valence-corrected chi connectivity index (χ4v) is 2.61. The monoisotopic (exact) mass is 285 g/mol. The minimum atomic E-state index is -0.543. The van der Waals surface area contributed by atoms with Gasteiger partial charge in [-0.15, -0.1) is 11.3 Å². The average molecular weight is 285 g/mol. The molecular formula is C15H15N3OS. The number of carbonyl (C=O) groups is 1. The van der Waals surface area contributed by atoms with Crippen LogP contribution in [0.5, 0.6) is 0 Å². The van der Waals surface area contributed by atoms with Crippen LogP contribution in [0.15, 0.2) is 30.5 Å². The van der Waals surface area contributed by atoms with Gasteiger partial charge >= 0.3 is 0 Å². The first-order valence-electron chi connectivity index (χ1n) is 6.18. The highest BCUT2D eigenvalue weighted by atomic mass is 32.1. The van der Waals surface area contributed by atoms with Crippen molar-refractivity contribution in [1.29, 1.82) is 5.26 Å². The summed E-state index contributed by atoms with van der Waals surface area (Å²) in [5, 5.41) is 12.7. The zero-order valence-electron chi connectivity index (χ0n) is 11.6. The third-order valence-corrected chi connectivity index (χ3v) is 4.07. The lowest BCUT2D eigenvalue weighted by molar-refractivity contribution is 0.0912. The Morgan fingerprint density at radius 2 is 2.20 bits per heavy atom. The highest BCUT2D eigenvalue weighted by Crippen LogP contribution is 2.25. The molecule has 0 saturated heterocycles. The van der Waals surface area contributed by atoms with Crippen molar-refractivity contribution in [2.45, 2.75) is 26.3 Å². The van der Waals surface area contributed by atoms with E-state index in [2.05, 4.69) is 10.3 Å². The Bertz CT molecular complexity index is 682. The molecule has 102 valence electrons. The zero-order valence-corrected chi connectivity index (χ0v) is 12.4. The lowest BCUT2D eigenvalue weighted by Gasteiger charge is -2.23. The van der Waals surface area contributed by atoms with Crippen LogP contribution in [0.25, 0.3) is 0 Å². The van der Waals surface area contributed by atoms with Crippen molar-refractivity contribution in [1.82, 2.24) is 10.3 Å². The number of nitrogens with one attached hydrogen (secondary N) is 1. The number of hydrogen-bond acceptors (Lipinski definition) is 4. The van der Waals surface area contributed by atoms with E-state index in [9.17, 15) is 4.79 Å². The number of hydrogen-bond donors (Lipinski definition) is 1. The Kier molecular flexibility index (Phi) is 3.86. The van der Waals surface area contributed by atoms with E-state index >= 15 is 0 Å². The molecule has 2 aromatic rings. The zero-order chi connectivity index (χ0) is 14.8. The molecule has 1 amide bonds. The van der Waals surface area contributed by atoms with Gasteiger partial charge in [0.05, 0.1) is 17.2 Å². The molecule has 1 N–H and O–H groups in total. The first kappa shape index (κ1) is 14.2. The van der Waals surface area contributed by atoms with Gasteiger partial charge in [0.1, 0.15) is 5.01 Å². The van der Waals surface area contributed by atoms with Crippen molar-refractivity contribution in [3.8, 4) is 6.07 Å². The first-order chi connectivity index (χ1) is 9.42. The molecule has 0 radical (unpaired) electrons. The molecular weight excluding hydrogens is 270 g/mol. The minimum absolute atomic E-state index is 0.208. The summed E-state index contributed by atoms with van der Waals surface area (Å²) in [7, 11) is 0. The number of aromatic nitrogens is 1. The number of rotatable bonds is 3. The number of thiazole rings is 1. The molecule has 4 nitrogen and oxygen atoms in total. The minimum Gasteiger partial charge on any atom is -0.341 e. The van der Waals surface area contributed by atoms with Crippen LogP contribution in [-0.2, 0) is 5.54 Å². The second-order valence-corrected chi connectivity index (χ2v) is 6.28. The van der Waals surface area contributed by atoms with Gasteiger partial charge in [-0.05, 0) is 39.0 Å². The Balaban J connectivity index is 2.20. The average Bonchev–Trinajstić information content (AvgIpc) is 2.86. The van der Waals surface area contributed by atoms with E-state index in [0.717, 1.165) is 9.88 Å². The largest absolute Gasteiger partial charge is 0.341 e. The van der Waals surface area contributed by atoms with Crippen LogP contribution in [0.1, 0.15) is 39.7 Å². The topological polar surface area (TPSA) is 65.8 Å². The fraction of sp³-hybridized carbons (Fsp3) is 0.267. The van der Waals surface area contributed by atoms with Crippen molar-refractivity contribution < 1.29 is 4.79 Å². The number of carbonyl (C=O) groups excluding carboxylic acids is 1. The van der Waals surface area contributed by atoms with Crippen LogP contribution in [0.3, 0.4) is 0 Å².